The van der Waals surface area contributed by atoms with Crippen LogP contribution >= 0.6 is 0 Å². The van der Waals surface area contributed by atoms with E-state index in [-0.39, 0.29) is 41.9 Å². The summed E-state index contributed by atoms with van der Waals surface area (Å²) in [4.78, 5) is 23.1. The van der Waals surface area contributed by atoms with E-state index in [4.69, 9.17) is 9.47 Å². The first kappa shape index (κ1) is 23.3. The number of amides is 1. The van der Waals surface area contributed by atoms with E-state index in [1.54, 1.807) is 12.1 Å². The number of phenolic OH excluding ortho intramolecular Hbond substituents is 1. The molecule has 0 saturated carbocycles. The number of hydrogen-bond donors (Lipinski definition) is 2. The zero-order valence-corrected chi connectivity index (χ0v) is 18.1. The number of hydrazone groups is 1. The van der Waals surface area contributed by atoms with Crippen molar-refractivity contribution in [2.24, 2.45) is 5.10 Å². The molecule has 2 N–H and O–H groups in total. The summed E-state index contributed by atoms with van der Waals surface area (Å²) in [6.45, 7) is 2.10. The summed E-state index contributed by atoms with van der Waals surface area (Å²) in [5.74, 6) is -0.0831. The van der Waals surface area contributed by atoms with Crippen LogP contribution in [-0.4, -0.2) is 29.3 Å². The number of methoxy groups -OCH3 is 1. The molecule has 0 fully saturated rings. The van der Waals surface area contributed by atoms with Crippen LogP contribution in [0.5, 0.6) is 17.2 Å². The first-order valence-corrected chi connectivity index (χ1v) is 10.0. The summed E-state index contributed by atoms with van der Waals surface area (Å²) in [6, 6.07) is 16.7. The number of hydrogen-bond acceptors (Lipinski definition) is 7. The van der Waals surface area contributed by atoms with Gasteiger partial charge in [-0.15, -0.1) is 0 Å². The van der Waals surface area contributed by atoms with E-state index < -0.39 is 4.92 Å². The third-order valence-electron chi connectivity index (χ3n) is 4.68. The number of rotatable bonds is 9. The lowest BCUT2D eigenvalue weighted by molar-refractivity contribution is -0.386. The predicted octanol–water partition coefficient (Wildman–Crippen LogP) is 3.89. The fraction of sp³-hybridized carbons (Fsp3) is 0.167. The molecule has 0 saturated heterocycles. The third kappa shape index (κ3) is 6.54. The molecule has 3 rings (SSSR count). The van der Waals surface area contributed by atoms with E-state index in [0.29, 0.717) is 11.1 Å². The van der Waals surface area contributed by atoms with Gasteiger partial charge in [0.15, 0.2) is 5.75 Å². The average Bonchev–Trinajstić information content (AvgIpc) is 2.80. The SMILES string of the molecule is COc1cc(/C=N\NC(=O)Cc2ccc(O)cc2)cc([N+](=O)[O-])c1OCc1ccc(C)cc1. The summed E-state index contributed by atoms with van der Waals surface area (Å²) in [5.41, 5.74) is 5.11. The van der Waals surface area contributed by atoms with Crippen LogP contribution in [-0.2, 0) is 17.8 Å². The first-order valence-electron chi connectivity index (χ1n) is 10.0. The van der Waals surface area contributed by atoms with Gasteiger partial charge in [0.1, 0.15) is 12.4 Å². The Hall–Kier alpha value is -4.40. The molecule has 3 aromatic rings. The molecule has 0 radical (unpaired) electrons. The van der Waals surface area contributed by atoms with E-state index in [0.717, 1.165) is 11.1 Å². The zero-order valence-electron chi connectivity index (χ0n) is 18.1. The maximum Gasteiger partial charge on any atom is 0.315 e. The normalized spacial score (nSPS) is 10.7. The summed E-state index contributed by atoms with van der Waals surface area (Å²) >= 11 is 0. The van der Waals surface area contributed by atoms with E-state index >= 15 is 0 Å². The zero-order chi connectivity index (χ0) is 23.8. The van der Waals surface area contributed by atoms with Gasteiger partial charge in [-0.3, -0.25) is 14.9 Å². The second kappa shape index (κ2) is 10.8. The molecular formula is C24H23N3O6. The van der Waals surface area contributed by atoms with Gasteiger partial charge in [0.2, 0.25) is 11.7 Å². The Morgan fingerprint density at radius 3 is 2.42 bits per heavy atom. The van der Waals surface area contributed by atoms with Gasteiger partial charge < -0.3 is 14.6 Å². The Morgan fingerprint density at radius 1 is 1.12 bits per heavy atom. The molecule has 9 nitrogen and oxygen atoms in total. The molecule has 0 unspecified atom stereocenters. The lowest BCUT2D eigenvalue weighted by Crippen LogP contribution is -2.19. The number of carbonyl (C=O) groups excluding carboxylic acids is 1. The summed E-state index contributed by atoms with van der Waals surface area (Å²) in [7, 11) is 1.39. The van der Waals surface area contributed by atoms with Gasteiger partial charge in [-0.2, -0.15) is 5.10 Å². The van der Waals surface area contributed by atoms with Gasteiger partial charge in [-0.25, -0.2) is 5.43 Å². The maximum absolute atomic E-state index is 12.0. The van der Waals surface area contributed by atoms with Crippen LogP contribution in [0.25, 0.3) is 0 Å². The Bertz CT molecular complexity index is 1160. The smallest absolute Gasteiger partial charge is 0.315 e. The van der Waals surface area contributed by atoms with Gasteiger partial charge in [0.25, 0.3) is 0 Å². The van der Waals surface area contributed by atoms with Crippen LogP contribution in [0.2, 0.25) is 0 Å². The van der Waals surface area contributed by atoms with Gasteiger partial charge in [0.05, 0.1) is 24.7 Å². The minimum absolute atomic E-state index is 0.0107. The second-order valence-electron chi connectivity index (χ2n) is 7.24. The van der Waals surface area contributed by atoms with Crippen molar-refractivity contribution in [3.63, 3.8) is 0 Å². The summed E-state index contributed by atoms with van der Waals surface area (Å²) < 4.78 is 11.0. The number of nitro groups is 1. The summed E-state index contributed by atoms with van der Waals surface area (Å²) in [5, 5.41) is 24.8. The van der Waals surface area contributed by atoms with Gasteiger partial charge >= 0.3 is 5.69 Å². The molecule has 0 aliphatic heterocycles. The highest BCUT2D eigenvalue weighted by atomic mass is 16.6. The van der Waals surface area contributed by atoms with Crippen molar-refractivity contribution in [3.05, 3.63) is 93.0 Å². The Labute approximate surface area is 190 Å². The van der Waals surface area contributed by atoms with Gasteiger partial charge in [-0.1, -0.05) is 42.0 Å². The maximum atomic E-state index is 12.0. The van der Waals surface area contributed by atoms with E-state index in [1.807, 2.05) is 31.2 Å². The van der Waals surface area contributed by atoms with Crippen molar-refractivity contribution in [1.29, 1.82) is 0 Å². The molecule has 1 amide bonds. The topological polar surface area (TPSA) is 123 Å². The van der Waals surface area contributed by atoms with Crippen LogP contribution < -0.4 is 14.9 Å². The Balaban J connectivity index is 1.72. The minimum Gasteiger partial charge on any atom is -0.508 e. The molecule has 0 bridgehead atoms. The number of benzene rings is 3. The molecule has 0 aliphatic carbocycles. The van der Waals surface area contributed by atoms with Crippen LogP contribution in [0.1, 0.15) is 22.3 Å². The first-order chi connectivity index (χ1) is 15.9. The molecule has 0 heterocycles. The van der Waals surface area contributed by atoms with Gasteiger partial charge in [-0.05, 0) is 36.2 Å². The molecule has 0 spiro atoms. The van der Waals surface area contributed by atoms with Crippen molar-refractivity contribution in [2.45, 2.75) is 20.0 Å². The fourth-order valence-electron chi connectivity index (χ4n) is 2.97. The highest BCUT2D eigenvalue weighted by Crippen LogP contribution is 2.38. The van der Waals surface area contributed by atoms with Gasteiger partial charge in [0, 0.05) is 11.6 Å². The Morgan fingerprint density at radius 2 is 1.79 bits per heavy atom. The molecule has 33 heavy (non-hydrogen) atoms. The number of phenols is 1. The number of aryl methyl sites for hydroxylation is 1. The van der Waals surface area contributed by atoms with Crippen molar-refractivity contribution in [2.75, 3.05) is 7.11 Å². The molecular weight excluding hydrogens is 426 g/mol. The molecule has 0 aromatic heterocycles. The standard InChI is InChI=1S/C24H23N3O6/c1-16-3-5-18(6-4-16)15-33-24-21(27(30)31)11-19(12-22(24)32-2)14-25-26-23(29)13-17-7-9-20(28)10-8-17/h3-12,14,28H,13,15H2,1-2H3,(H,26,29)/b25-14-. The minimum atomic E-state index is -0.562. The number of ether oxygens (including phenoxy) is 2. The van der Waals surface area contributed by atoms with Crippen molar-refractivity contribution in [1.82, 2.24) is 5.43 Å². The monoisotopic (exact) mass is 449 g/mol. The molecule has 3 aromatic carbocycles. The Kier molecular flexibility index (Phi) is 7.59. The number of nitro benzene ring substituents is 1. The highest BCUT2D eigenvalue weighted by Gasteiger charge is 2.22. The predicted molar refractivity (Wildman–Crippen MR) is 123 cm³/mol. The van der Waals surface area contributed by atoms with Crippen LogP contribution in [0.4, 0.5) is 5.69 Å². The van der Waals surface area contributed by atoms with E-state index in [9.17, 15) is 20.0 Å². The van der Waals surface area contributed by atoms with E-state index in [1.165, 1.54) is 37.6 Å². The second-order valence-corrected chi connectivity index (χ2v) is 7.24. The van der Waals surface area contributed by atoms with Crippen LogP contribution in [0, 0.1) is 17.0 Å². The van der Waals surface area contributed by atoms with E-state index in [2.05, 4.69) is 10.5 Å². The number of nitrogens with one attached hydrogen (secondary N) is 1. The number of carbonyl (C=O) groups is 1. The summed E-state index contributed by atoms with van der Waals surface area (Å²) in [6.07, 6.45) is 1.35. The third-order valence-corrected chi connectivity index (χ3v) is 4.68. The highest BCUT2D eigenvalue weighted by molar-refractivity contribution is 5.85. The molecule has 9 heteroatoms. The van der Waals surface area contributed by atoms with Crippen molar-refractivity contribution >= 4 is 17.8 Å². The lowest BCUT2D eigenvalue weighted by atomic mass is 10.1. The number of aromatic hydroxyl groups is 1. The van der Waals surface area contributed by atoms with Crippen LogP contribution in [0.3, 0.4) is 0 Å². The quantitative estimate of drug-likeness (QED) is 0.290. The van der Waals surface area contributed by atoms with Crippen molar-refractivity contribution in [3.8, 4) is 17.2 Å². The number of nitrogens with zero attached hydrogens (tertiary/aromatic N) is 2. The average molecular weight is 449 g/mol. The molecule has 0 aliphatic rings. The molecule has 170 valence electrons. The lowest BCUT2D eigenvalue weighted by Gasteiger charge is -2.12. The van der Waals surface area contributed by atoms with Crippen molar-refractivity contribution < 1.29 is 24.3 Å². The largest absolute Gasteiger partial charge is 0.508 e. The fourth-order valence-corrected chi connectivity index (χ4v) is 2.97. The van der Waals surface area contributed by atoms with Crippen LogP contribution in [0.15, 0.2) is 65.8 Å². The molecule has 0 atom stereocenters.